The lowest BCUT2D eigenvalue weighted by Gasteiger charge is -2.18. The summed E-state index contributed by atoms with van der Waals surface area (Å²) in [6.45, 7) is 4.92. The zero-order valence-corrected chi connectivity index (χ0v) is 11.4. The third-order valence-electron chi connectivity index (χ3n) is 2.66. The second-order valence-electron chi connectivity index (χ2n) is 3.73. The first-order valence-corrected chi connectivity index (χ1v) is 7.26. The number of amides is 1. The molecule has 18 heavy (non-hydrogen) atoms. The highest BCUT2D eigenvalue weighted by Gasteiger charge is 2.20. The van der Waals surface area contributed by atoms with Crippen LogP contribution in [0.15, 0.2) is 29.2 Å². The summed E-state index contributed by atoms with van der Waals surface area (Å²) in [5.41, 5.74) is 0.862. The summed E-state index contributed by atoms with van der Waals surface area (Å²) in [5, 5.41) is 2.53. The van der Waals surface area contributed by atoms with Crippen LogP contribution in [-0.2, 0) is 21.4 Å². The molecule has 0 aliphatic carbocycles. The number of rotatable bonds is 7. The summed E-state index contributed by atoms with van der Waals surface area (Å²) in [7, 11) is -3.40. The van der Waals surface area contributed by atoms with E-state index in [1.165, 1.54) is 4.31 Å². The van der Waals surface area contributed by atoms with Crippen molar-refractivity contribution in [3.8, 4) is 0 Å². The van der Waals surface area contributed by atoms with Crippen LogP contribution in [0.2, 0.25) is 0 Å². The van der Waals surface area contributed by atoms with Gasteiger partial charge in [-0.05, 0) is 17.7 Å². The summed E-state index contributed by atoms with van der Waals surface area (Å²) in [6.07, 6.45) is 0.612. The van der Waals surface area contributed by atoms with Crippen LogP contribution in [0.3, 0.4) is 0 Å². The first kappa shape index (κ1) is 14.7. The quantitative estimate of drug-likeness (QED) is 0.751. The van der Waals surface area contributed by atoms with Gasteiger partial charge in [-0.3, -0.25) is 4.79 Å². The Morgan fingerprint density at radius 3 is 2.17 bits per heavy atom. The third-order valence-corrected chi connectivity index (χ3v) is 4.72. The molecule has 0 saturated heterocycles. The molecule has 0 radical (unpaired) electrons. The normalized spacial score (nSPS) is 11.5. The Balaban J connectivity index is 2.93. The van der Waals surface area contributed by atoms with Crippen LogP contribution < -0.4 is 5.32 Å². The van der Waals surface area contributed by atoms with Crippen molar-refractivity contribution < 1.29 is 13.2 Å². The van der Waals surface area contributed by atoms with Crippen molar-refractivity contribution in [3.05, 3.63) is 29.8 Å². The van der Waals surface area contributed by atoms with Crippen molar-refractivity contribution in [2.75, 3.05) is 13.1 Å². The van der Waals surface area contributed by atoms with E-state index in [1.807, 2.05) is 13.8 Å². The molecule has 1 aromatic rings. The third kappa shape index (κ3) is 3.30. The molecule has 0 aliphatic heterocycles. The Kier molecular flexibility index (Phi) is 5.30. The molecule has 1 rings (SSSR count). The topological polar surface area (TPSA) is 66.5 Å². The smallest absolute Gasteiger partial charge is 0.243 e. The number of sulfonamides is 1. The van der Waals surface area contributed by atoms with E-state index in [0.29, 0.717) is 26.0 Å². The number of nitrogens with one attached hydrogen (secondary N) is 1. The summed E-state index contributed by atoms with van der Waals surface area (Å²) >= 11 is 0. The second kappa shape index (κ2) is 6.51. The molecule has 0 spiro atoms. The van der Waals surface area contributed by atoms with E-state index >= 15 is 0 Å². The van der Waals surface area contributed by atoms with Gasteiger partial charge in [-0.25, -0.2) is 8.42 Å². The standard InChI is InChI=1S/C12H18N2O3S/c1-3-14(4-2)18(16,17)12-7-5-11(6-8-12)9-13-10-15/h5-8,10H,3-4,9H2,1-2H3,(H,13,15). The lowest BCUT2D eigenvalue weighted by molar-refractivity contribution is -0.109. The summed E-state index contributed by atoms with van der Waals surface area (Å²) in [4.78, 5) is 10.4. The van der Waals surface area contributed by atoms with Crippen molar-refractivity contribution >= 4 is 16.4 Å². The lowest BCUT2D eigenvalue weighted by Crippen LogP contribution is -2.30. The average Bonchev–Trinajstić information content (AvgIpc) is 2.38. The number of benzene rings is 1. The molecule has 0 heterocycles. The van der Waals surface area contributed by atoms with E-state index in [2.05, 4.69) is 5.32 Å². The highest BCUT2D eigenvalue weighted by Crippen LogP contribution is 2.16. The first-order chi connectivity index (χ1) is 8.56. The van der Waals surface area contributed by atoms with E-state index in [4.69, 9.17) is 0 Å². The van der Waals surface area contributed by atoms with Gasteiger partial charge in [0.15, 0.2) is 0 Å². The molecule has 1 amide bonds. The number of carbonyl (C=O) groups excluding carboxylic acids is 1. The zero-order valence-electron chi connectivity index (χ0n) is 10.6. The first-order valence-electron chi connectivity index (χ1n) is 5.82. The number of hydrogen-bond acceptors (Lipinski definition) is 3. The predicted molar refractivity (Wildman–Crippen MR) is 69.5 cm³/mol. The minimum absolute atomic E-state index is 0.279. The molecular formula is C12H18N2O3S. The van der Waals surface area contributed by atoms with Gasteiger partial charge in [-0.2, -0.15) is 4.31 Å². The van der Waals surface area contributed by atoms with Gasteiger partial charge < -0.3 is 5.32 Å². The maximum atomic E-state index is 12.2. The molecule has 0 aliphatic rings. The molecule has 0 bridgehead atoms. The van der Waals surface area contributed by atoms with Crippen LogP contribution in [0.1, 0.15) is 19.4 Å². The van der Waals surface area contributed by atoms with Gasteiger partial charge in [-0.15, -0.1) is 0 Å². The molecule has 6 heteroatoms. The van der Waals surface area contributed by atoms with Crippen LogP contribution >= 0.6 is 0 Å². The van der Waals surface area contributed by atoms with E-state index < -0.39 is 10.0 Å². The Hall–Kier alpha value is -1.40. The van der Waals surface area contributed by atoms with Gasteiger partial charge in [0.2, 0.25) is 16.4 Å². The molecule has 0 unspecified atom stereocenters. The highest BCUT2D eigenvalue weighted by molar-refractivity contribution is 7.89. The van der Waals surface area contributed by atoms with Gasteiger partial charge >= 0.3 is 0 Å². The van der Waals surface area contributed by atoms with Crippen LogP contribution in [0, 0.1) is 0 Å². The van der Waals surface area contributed by atoms with Gasteiger partial charge in [0.25, 0.3) is 0 Å². The Morgan fingerprint density at radius 1 is 1.17 bits per heavy atom. The summed E-state index contributed by atoms with van der Waals surface area (Å²) < 4.78 is 25.8. The van der Waals surface area contributed by atoms with Crippen molar-refractivity contribution in [2.24, 2.45) is 0 Å². The molecule has 100 valence electrons. The fourth-order valence-electron chi connectivity index (χ4n) is 1.65. The predicted octanol–water partition coefficient (Wildman–Crippen LogP) is 0.963. The SMILES string of the molecule is CCN(CC)S(=O)(=O)c1ccc(CNC=O)cc1. The number of hydrogen-bond donors (Lipinski definition) is 1. The Bertz CT molecular complexity index is 479. The maximum absolute atomic E-state index is 12.2. The number of nitrogens with zero attached hydrogens (tertiary/aromatic N) is 1. The molecule has 1 N–H and O–H groups in total. The van der Waals surface area contributed by atoms with Crippen LogP contribution in [-0.4, -0.2) is 32.2 Å². The monoisotopic (exact) mass is 270 g/mol. The van der Waals surface area contributed by atoms with E-state index in [1.54, 1.807) is 24.3 Å². The van der Waals surface area contributed by atoms with Gasteiger partial charge in [0.05, 0.1) is 4.90 Å². The van der Waals surface area contributed by atoms with Crippen molar-refractivity contribution in [1.29, 1.82) is 0 Å². The number of carbonyl (C=O) groups is 1. The Morgan fingerprint density at radius 2 is 1.72 bits per heavy atom. The largest absolute Gasteiger partial charge is 0.355 e. The second-order valence-corrected chi connectivity index (χ2v) is 5.67. The molecule has 0 fully saturated rings. The Labute approximate surface area is 108 Å². The van der Waals surface area contributed by atoms with Gasteiger partial charge in [0, 0.05) is 19.6 Å². The minimum Gasteiger partial charge on any atom is -0.355 e. The van der Waals surface area contributed by atoms with Gasteiger partial charge in [0.1, 0.15) is 0 Å². The molecule has 5 nitrogen and oxygen atoms in total. The van der Waals surface area contributed by atoms with Crippen LogP contribution in [0.4, 0.5) is 0 Å². The molecule has 0 aromatic heterocycles. The molecule has 0 atom stereocenters. The van der Waals surface area contributed by atoms with E-state index in [0.717, 1.165) is 5.56 Å². The van der Waals surface area contributed by atoms with Crippen LogP contribution in [0.25, 0.3) is 0 Å². The fraction of sp³-hybridized carbons (Fsp3) is 0.417. The van der Waals surface area contributed by atoms with Crippen molar-refractivity contribution in [1.82, 2.24) is 9.62 Å². The van der Waals surface area contributed by atoms with Crippen LogP contribution in [0.5, 0.6) is 0 Å². The molecular weight excluding hydrogens is 252 g/mol. The maximum Gasteiger partial charge on any atom is 0.243 e. The zero-order chi connectivity index (χ0) is 13.6. The van der Waals surface area contributed by atoms with E-state index in [-0.39, 0.29) is 4.90 Å². The van der Waals surface area contributed by atoms with Crippen molar-refractivity contribution in [3.63, 3.8) is 0 Å². The van der Waals surface area contributed by atoms with Crippen molar-refractivity contribution in [2.45, 2.75) is 25.3 Å². The summed E-state index contributed by atoms with van der Waals surface area (Å²) in [5.74, 6) is 0. The summed E-state index contributed by atoms with van der Waals surface area (Å²) in [6, 6.07) is 6.53. The molecule has 1 aromatic carbocycles. The average molecular weight is 270 g/mol. The fourth-order valence-corrected chi connectivity index (χ4v) is 3.11. The van der Waals surface area contributed by atoms with E-state index in [9.17, 15) is 13.2 Å². The lowest BCUT2D eigenvalue weighted by atomic mass is 10.2. The van der Waals surface area contributed by atoms with Gasteiger partial charge in [-0.1, -0.05) is 26.0 Å². The highest BCUT2D eigenvalue weighted by atomic mass is 32.2. The molecule has 0 saturated carbocycles. The minimum atomic E-state index is -3.40.